The molecule has 0 aromatic heterocycles. The Kier molecular flexibility index (Phi) is 2.84. The highest BCUT2D eigenvalue weighted by molar-refractivity contribution is 5.94. The van der Waals surface area contributed by atoms with E-state index in [1.54, 1.807) is 0 Å². The van der Waals surface area contributed by atoms with Crippen molar-refractivity contribution in [1.29, 1.82) is 0 Å². The highest BCUT2D eigenvalue weighted by Gasteiger charge is 2.18. The summed E-state index contributed by atoms with van der Waals surface area (Å²) in [6.07, 6.45) is 0. The first-order chi connectivity index (χ1) is 6.49. The Hall–Kier alpha value is -1.45. The second-order valence-electron chi connectivity index (χ2n) is 2.94. The number of ether oxygens (including phenoxy) is 1. The van der Waals surface area contributed by atoms with Gasteiger partial charge >= 0.3 is 0 Å². The molecule has 0 unspecified atom stereocenters. The Labute approximate surface area is 80.5 Å². The molecule has 0 spiro atoms. The van der Waals surface area contributed by atoms with Crippen LogP contribution in [0.1, 0.15) is 22.8 Å². The number of hydrogen-bond donors (Lipinski definition) is 0. The third-order valence-electron chi connectivity index (χ3n) is 2.00. The van der Waals surface area contributed by atoms with Gasteiger partial charge in [0.2, 0.25) is 0 Å². The van der Waals surface area contributed by atoms with Crippen LogP contribution in [0, 0.1) is 18.6 Å². The Morgan fingerprint density at radius 3 is 2.36 bits per heavy atom. The van der Waals surface area contributed by atoms with Gasteiger partial charge < -0.3 is 4.74 Å². The summed E-state index contributed by atoms with van der Waals surface area (Å²) in [6, 6.07) is 1.20. The molecule has 0 fully saturated rings. The van der Waals surface area contributed by atoms with E-state index in [0.29, 0.717) is 0 Å². The molecule has 76 valence electrons. The van der Waals surface area contributed by atoms with Crippen LogP contribution in [0.25, 0.3) is 0 Å². The van der Waals surface area contributed by atoms with E-state index >= 15 is 0 Å². The van der Waals surface area contributed by atoms with Gasteiger partial charge in [-0.25, -0.2) is 8.78 Å². The first-order valence-electron chi connectivity index (χ1n) is 4.02. The SMILES string of the molecule is COc1cc(C(C)=O)c(F)c(F)c1C. The van der Waals surface area contributed by atoms with Gasteiger partial charge in [0.1, 0.15) is 5.75 Å². The van der Waals surface area contributed by atoms with Gasteiger partial charge in [-0.2, -0.15) is 0 Å². The van der Waals surface area contributed by atoms with Gasteiger partial charge in [-0.3, -0.25) is 4.79 Å². The van der Waals surface area contributed by atoms with E-state index in [9.17, 15) is 13.6 Å². The molecule has 0 aliphatic heterocycles. The summed E-state index contributed by atoms with van der Waals surface area (Å²) in [4.78, 5) is 10.9. The fraction of sp³-hybridized carbons (Fsp3) is 0.300. The van der Waals surface area contributed by atoms with E-state index in [4.69, 9.17) is 4.74 Å². The summed E-state index contributed by atoms with van der Waals surface area (Å²) in [7, 11) is 1.34. The number of benzene rings is 1. The lowest BCUT2D eigenvalue weighted by atomic mass is 10.1. The molecule has 0 aliphatic carbocycles. The predicted octanol–water partition coefficient (Wildman–Crippen LogP) is 2.48. The zero-order valence-electron chi connectivity index (χ0n) is 8.15. The molecule has 0 radical (unpaired) electrons. The quantitative estimate of drug-likeness (QED) is 0.685. The van der Waals surface area contributed by atoms with E-state index in [1.807, 2.05) is 0 Å². The lowest BCUT2D eigenvalue weighted by Gasteiger charge is -2.08. The molecule has 1 rings (SSSR count). The van der Waals surface area contributed by atoms with Gasteiger partial charge in [0, 0.05) is 5.56 Å². The van der Waals surface area contributed by atoms with Gasteiger partial charge in [0.15, 0.2) is 17.4 Å². The van der Waals surface area contributed by atoms with Crippen LogP contribution < -0.4 is 4.74 Å². The van der Waals surface area contributed by atoms with Crippen molar-refractivity contribution >= 4 is 5.78 Å². The minimum atomic E-state index is -1.12. The predicted molar refractivity (Wildman–Crippen MR) is 47.7 cm³/mol. The van der Waals surface area contributed by atoms with E-state index in [-0.39, 0.29) is 16.9 Å². The van der Waals surface area contributed by atoms with Crippen LogP contribution in [0.3, 0.4) is 0 Å². The standard InChI is InChI=1S/C10H10F2O2/c1-5-8(14-3)4-7(6(2)13)10(12)9(5)11/h4H,1-3H3. The topological polar surface area (TPSA) is 26.3 Å². The molecule has 0 aliphatic rings. The summed E-state index contributed by atoms with van der Waals surface area (Å²) in [5.74, 6) is -2.50. The van der Waals surface area contributed by atoms with Gasteiger partial charge in [-0.1, -0.05) is 0 Å². The van der Waals surface area contributed by atoms with Crippen LogP contribution in [0.5, 0.6) is 5.75 Å². The maximum absolute atomic E-state index is 13.2. The average Bonchev–Trinajstić information content (AvgIpc) is 2.14. The molecule has 1 aromatic rings. The number of Topliss-reactive ketones (excluding diaryl/α,β-unsaturated/α-hetero) is 1. The van der Waals surface area contributed by atoms with Crippen LogP contribution in [-0.2, 0) is 0 Å². The van der Waals surface area contributed by atoms with E-state index < -0.39 is 17.4 Å². The second-order valence-corrected chi connectivity index (χ2v) is 2.94. The number of methoxy groups -OCH3 is 1. The van der Waals surface area contributed by atoms with E-state index in [2.05, 4.69) is 0 Å². The van der Waals surface area contributed by atoms with Crippen LogP contribution >= 0.6 is 0 Å². The van der Waals surface area contributed by atoms with Gasteiger partial charge in [-0.15, -0.1) is 0 Å². The van der Waals surface area contributed by atoms with Crippen molar-refractivity contribution in [2.75, 3.05) is 7.11 Å². The molecular weight excluding hydrogens is 190 g/mol. The largest absolute Gasteiger partial charge is 0.496 e. The summed E-state index contributed by atoms with van der Waals surface area (Å²) in [6.45, 7) is 2.56. The van der Waals surface area contributed by atoms with Gasteiger partial charge in [0.25, 0.3) is 0 Å². The van der Waals surface area contributed by atoms with Crippen LogP contribution in [0.15, 0.2) is 6.07 Å². The smallest absolute Gasteiger partial charge is 0.170 e. The molecule has 0 bridgehead atoms. The number of carbonyl (C=O) groups is 1. The van der Waals surface area contributed by atoms with Crippen molar-refractivity contribution in [3.63, 3.8) is 0 Å². The summed E-state index contributed by atoms with van der Waals surface area (Å²) in [5.41, 5.74) is -0.222. The fourth-order valence-corrected chi connectivity index (χ4v) is 1.16. The first kappa shape index (κ1) is 10.6. The molecule has 0 saturated carbocycles. The lowest BCUT2D eigenvalue weighted by Crippen LogP contribution is -2.04. The van der Waals surface area contributed by atoms with Crippen LogP contribution in [-0.4, -0.2) is 12.9 Å². The molecule has 0 amide bonds. The Morgan fingerprint density at radius 2 is 1.93 bits per heavy atom. The Bertz CT molecular complexity index is 386. The Morgan fingerprint density at radius 1 is 1.36 bits per heavy atom. The van der Waals surface area contributed by atoms with E-state index in [1.165, 1.54) is 27.0 Å². The number of hydrogen-bond acceptors (Lipinski definition) is 2. The summed E-state index contributed by atoms with van der Waals surface area (Å²) >= 11 is 0. The summed E-state index contributed by atoms with van der Waals surface area (Å²) in [5, 5.41) is 0. The third-order valence-corrected chi connectivity index (χ3v) is 2.00. The minimum Gasteiger partial charge on any atom is -0.496 e. The molecule has 2 nitrogen and oxygen atoms in total. The maximum Gasteiger partial charge on any atom is 0.170 e. The lowest BCUT2D eigenvalue weighted by molar-refractivity contribution is 0.101. The van der Waals surface area contributed by atoms with Crippen molar-refractivity contribution in [3.8, 4) is 5.75 Å². The number of carbonyl (C=O) groups excluding carboxylic acids is 1. The highest BCUT2D eigenvalue weighted by Crippen LogP contribution is 2.26. The number of halogens is 2. The number of ketones is 1. The second kappa shape index (κ2) is 3.74. The minimum absolute atomic E-state index is 0.0648. The van der Waals surface area contributed by atoms with Crippen LogP contribution in [0.2, 0.25) is 0 Å². The molecule has 0 N–H and O–H groups in total. The number of rotatable bonds is 2. The van der Waals surface area contributed by atoms with Gasteiger partial charge in [-0.05, 0) is 19.9 Å². The maximum atomic E-state index is 13.2. The fourth-order valence-electron chi connectivity index (χ4n) is 1.16. The van der Waals surface area contributed by atoms with Crippen molar-refractivity contribution in [2.24, 2.45) is 0 Å². The van der Waals surface area contributed by atoms with Gasteiger partial charge in [0.05, 0.1) is 12.7 Å². The highest BCUT2D eigenvalue weighted by atomic mass is 19.2. The van der Waals surface area contributed by atoms with Crippen molar-refractivity contribution in [1.82, 2.24) is 0 Å². The zero-order valence-corrected chi connectivity index (χ0v) is 8.15. The molecule has 4 heteroatoms. The van der Waals surface area contributed by atoms with Crippen LogP contribution in [0.4, 0.5) is 8.78 Å². The summed E-state index contributed by atoms with van der Waals surface area (Å²) < 4.78 is 31.2. The van der Waals surface area contributed by atoms with Crippen molar-refractivity contribution < 1.29 is 18.3 Å². The third kappa shape index (κ3) is 1.60. The Balaban J connectivity index is 3.48. The average molecular weight is 200 g/mol. The molecular formula is C10H10F2O2. The van der Waals surface area contributed by atoms with Crippen molar-refractivity contribution in [2.45, 2.75) is 13.8 Å². The monoisotopic (exact) mass is 200 g/mol. The zero-order chi connectivity index (χ0) is 10.9. The van der Waals surface area contributed by atoms with Crippen molar-refractivity contribution in [3.05, 3.63) is 28.8 Å². The molecule has 0 saturated heterocycles. The molecule has 0 heterocycles. The molecule has 0 atom stereocenters. The normalized spacial score (nSPS) is 10.1. The molecule has 14 heavy (non-hydrogen) atoms. The van der Waals surface area contributed by atoms with E-state index in [0.717, 1.165) is 0 Å². The first-order valence-corrected chi connectivity index (χ1v) is 4.02. The molecule has 1 aromatic carbocycles.